The van der Waals surface area contributed by atoms with Crippen LogP contribution in [0.15, 0.2) is 42.5 Å². The van der Waals surface area contributed by atoms with E-state index >= 15 is 0 Å². The fourth-order valence-corrected chi connectivity index (χ4v) is 3.26. The highest BCUT2D eigenvalue weighted by atomic mass is 16.5. The summed E-state index contributed by atoms with van der Waals surface area (Å²) in [5, 5.41) is 2.95. The number of likely N-dealkylation sites (tertiary alicyclic amines) is 1. The number of carbonyl (C=O) groups excluding carboxylic acids is 1. The molecule has 140 valence electrons. The van der Waals surface area contributed by atoms with Crippen LogP contribution in [-0.2, 0) is 6.54 Å². The van der Waals surface area contributed by atoms with Gasteiger partial charge in [0, 0.05) is 19.6 Å². The van der Waals surface area contributed by atoms with Crippen LogP contribution in [0.3, 0.4) is 0 Å². The van der Waals surface area contributed by atoms with E-state index in [2.05, 4.69) is 15.3 Å². The number of amides is 2. The second-order valence-electron chi connectivity index (χ2n) is 6.59. The van der Waals surface area contributed by atoms with Gasteiger partial charge in [-0.2, -0.15) is 0 Å². The molecular weight excluding hydrogens is 344 g/mol. The van der Waals surface area contributed by atoms with Gasteiger partial charge in [-0.1, -0.05) is 18.2 Å². The number of fused-ring (bicyclic) bond motifs is 1. The molecule has 0 radical (unpaired) electrons. The Bertz CT molecular complexity index is 930. The lowest BCUT2D eigenvalue weighted by molar-refractivity contribution is 0.148. The number of H-pyrrole nitrogens is 1. The van der Waals surface area contributed by atoms with Gasteiger partial charge in [0.2, 0.25) is 0 Å². The monoisotopic (exact) mass is 366 g/mol. The molecule has 1 fully saturated rings. The van der Waals surface area contributed by atoms with Crippen LogP contribution in [-0.4, -0.2) is 48.2 Å². The van der Waals surface area contributed by atoms with Crippen LogP contribution < -0.4 is 14.8 Å². The van der Waals surface area contributed by atoms with Gasteiger partial charge >= 0.3 is 6.03 Å². The first-order valence-electron chi connectivity index (χ1n) is 8.86. The Morgan fingerprint density at radius 3 is 2.70 bits per heavy atom. The molecular formula is C20H22N4O3. The molecule has 0 unspecified atom stereocenters. The Kier molecular flexibility index (Phi) is 4.58. The first kappa shape index (κ1) is 17.2. The normalized spacial score (nSPS) is 14.1. The van der Waals surface area contributed by atoms with E-state index in [0.717, 1.165) is 22.4 Å². The van der Waals surface area contributed by atoms with E-state index in [0.29, 0.717) is 31.1 Å². The molecule has 7 heteroatoms. The average Bonchev–Trinajstić information content (AvgIpc) is 3.08. The largest absolute Gasteiger partial charge is 0.493 e. The number of urea groups is 1. The summed E-state index contributed by atoms with van der Waals surface area (Å²) in [6.45, 7) is 1.76. The Morgan fingerprint density at radius 1 is 1.19 bits per heavy atom. The molecule has 2 amide bonds. The standard InChI is InChI=1S/C20H22N4O3/c1-26-17-8-7-13(9-18(17)27-2)10-21-20(25)24-11-14(12-24)19-22-15-5-3-4-6-16(15)23-19/h3-9,14H,10-12H2,1-2H3,(H,21,25)(H,22,23). The molecule has 1 aliphatic rings. The van der Waals surface area contributed by atoms with Crippen molar-refractivity contribution in [2.45, 2.75) is 12.5 Å². The number of nitrogens with zero attached hydrogens (tertiary/aromatic N) is 2. The van der Waals surface area contributed by atoms with E-state index in [1.807, 2.05) is 42.5 Å². The molecule has 0 bridgehead atoms. The molecule has 1 aromatic heterocycles. The second kappa shape index (κ2) is 7.19. The Hall–Kier alpha value is -3.22. The van der Waals surface area contributed by atoms with Gasteiger partial charge in [0.05, 0.1) is 31.2 Å². The van der Waals surface area contributed by atoms with E-state index in [1.165, 1.54) is 0 Å². The summed E-state index contributed by atoms with van der Waals surface area (Å²) < 4.78 is 10.5. The smallest absolute Gasteiger partial charge is 0.317 e. The van der Waals surface area contributed by atoms with Gasteiger partial charge in [0.15, 0.2) is 11.5 Å². The number of imidazole rings is 1. The fourth-order valence-electron chi connectivity index (χ4n) is 3.26. The Morgan fingerprint density at radius 2 is 1.96 bits per heavy atom. The van der Waals surface area contributed by atoms with Crippen molar-refractivity contribution in [3.63, 3.8) is 0 Å². The minimum Gasteiger partial charge on any atom is -0.493 e. The number of hydrogen-bond acceptors (Lipinski definition) is 4. The van der Waals surface area contributed by atoms with E-state index in [-0.39, 0.29) is 11.9 Å². The highest BCUT2D eigenvalue weighted by molar-refractivity contribution is 5.76. The lowest BCUT2D eigenvalue weighted by Crippen LogP contribution is -2.52. The topological polar surface area (TPSA) is 79.5 Å². The van der Waals surface area contributed by atoms with Crippen LogP contribution in [0.2, 0.25) is 0 Å². The highest BCUT2D eigenvalue weighted by Crippen LogP contribution is 2.28. The Labute approximate surface area is 157 Å². The molecule has 27 heavy (non-hydrogen) atoms. The zero-order valence-corrected chi connectivity index (χ0v) is 15.4. The molecule has 0 atom stereocenters. The highest BCUT2D eigenvalue weighted by Gasteiger charge is 2.33. The van der Waals surface area contributed by atoms with Crippen molar-refractivity contribution >= 4 is 17.1 Å². The molecule has 0 saturated carbocycles. The number of para-hydroxylation sites is 2. The third-order valence-corrected chi connectivity index (χ3v) is 4.85. The number of ether oxygens (including phenoxy) is 2. The van der Waals surface area contributed by atoms with E-state index in [1.54, 1.807) is 19.1 Å². The molecule has 4 rings (SSSR count). The van der Waals surface area contributed by atoms with Crippen LogP contribution in [0.4, 0.5) is 4.79 Å². The van der Waals surface area contributed by atoms with Crippen LogP contribution >= 0.6 is 0 Å². The molecule has 1 aliphatic heterocycles. The van der Waals surface area contributed by atoms with Crippen LogP contribution in [0.25, 0.3) is 11.0 Å². The summed E-state index contributed by atoms with van der Waals surface area (Å²) in [7, 11) is 3.19. The van der Waals surface area contributed by atoms with Crippen molar-refractivity contribution in [2.75, 3.05) is 27.3 Å². The van der Waals surface area contributed by atoms with Gasteiger partial charge < -0.3 is 24.7 Å². The van der Waals surface area contributed by atoms with Crippen LogP contribution in [0.1, 0.15) is 17.3 Å². The average molecular weight is 366 g/mol. The summed E-state index contributed by atoms with van der Waals surface area (Å²) in [6, 6.07) is 13.5. The van der Waals surface area contributed by atoms with Crippen molar-refractivity contribution in [2.24, 2.45) is 0 Å². The summed E-state index contributed by atoms with van der Waals surface area (Å²) in [4.78, 5) is 22.1. The third-order valence-electron chi connectivity index (χ3n) is 4.85. The van der Waals surface area contributed by atoms with Gasteiger partial charge in [-0.25, -0.2) is 9.78 Å². The predicted octanol–water partition coefficient (Wildman–Crippen LogP) is 2.89. The first-order valence-corrected chi connectivity index (χ1v) is 8.86. The SMILES string of the molecule is COc1ccc(CNC(=O)N2CC(c3nc4ccccc4[nH]3)C2)cc1OC. The molecule has 0 spiro atoms. The van der Waals surface area contributed by atoms with Crippen molar-refractivity contribution in [1.82, 2.24) is 20.2 Å². The van der Waals surface area contributed by atoms with Crippen molar-refractivity contribution in [3.8, 4) is 11.5 Å². The molecule has 0 aliphatic carbocycles. The third kappa shape index (κ3) is 3.40. The summed E-state index contributed by atoms with van der Waals surface area (Å²) >= 11 is 0. The van der Waals surface area contributed by atoms with Gasteiger partial charge in [-0.3, -0.25) is 0 Å². The number of methoxy groups -OCH3 is 2. The quantitative estimate of drug-likeness (QED) is 0.728. The number of rotatable bonds is 5. The zero-order valence-electron chi connectivity index (χ0n) is 15.4. The summed E-state index contributed by atoms with van der Waals surface area (Å²) in [5.74, 6) is 2.52. The molecule has 2 N–H and O–H groups in total. The summed E-state index contributed by atoms with van der Waals surface area (Å²) in [5.41, 5.74) is 2.95. The number of carbonyl (C=O) groups is 1. The maximum absolute atomic E-state index is 12.4. The van der Waals surface area contributed by atoms with E-state index in [4.69, 9.17) is 9.47 Å². The van der Waals surface area contributed by atoms with Crippen LogP contribution in [0.5, 0.6) is 11.5 Å². The van der Waals surface area contributed by atoms with E-state index in [9.17, 15) is 4.79 Å². The molecule has 7 nitrogen and oxygen atoms in total. The first-order chi connectivity index (χ1) is 13.2. The van der Waals surface area contributed by atoms with Crippen molar-refractivity contribution < 1.29 is 14.3 Å². The number of aromatic nitrogens is 2. The van der Waals surface area contributed by atoms with Gasteiger partial charge in [-0.05, 0) is 29.8 Å². The van der Waals surface area contributed by atoms with E-state index < -0.39 is 0 Å². The van der Waals surface area contributed by atoms with Gasteiger partial charge in [0.25, 0.3) is 0 Å². The lowest BCUT2D eigenvalue weighted by atomic mass is 10.0. The summed E-state index contributed by atoms with van der Waals surface area (Å²) in [6.07, 6.45) is 0. The number of aromatic amines is 1. The zero-order chi connectivity index (χ0) is 18.8. The predicted molar refractivity (Wildman–Crippen MR) is 102 cm³/mol. The van der Waals surface area contributed by atoms with Crippen molar-refractivity contribution in [1.29, 1.82) is 0 Å². The second-order valence-corrected chi connectivity index (χ2v) is 6.59. The minimum atomic E-state index is -0.0721. The Balaban J connectivity index is 1.31. The maximum atomic E-state index is 12.4. The van der Waals surface area contributed by atoms with Crippen LogP contribution in [0, 0.1) is 0 Å². The lowest BCUT2D eigenvalue weighted by Gasteiger charge is -2.38. The number of nitrogens with one attached hydrogen (secondary N) is 2. The van der Waals surface area contributed by atoms with Crippen molar-refractivity contribution in [3.05, 3.63) is 53.9 Å². The minimum absolute atomic E-state index is 0.0721. The molecule has 3 aromatic rings. The molecule has 2 aromatic carbocycles. The van der Waals surface area contributed by atoms with Gasteiger partial charge in [-0.15, -0.1) is 0 Å². The van der Waals surface area contributed by atoms with Gasteiger partial charge in [0.1, 0.15) is 5.82 Å². The molecule has 1 saturated heterocycles. The molecule has 2 heterocycles. The fraction of sp³-hybridized carbons (Fsp3) is 0.300. The maximum Gasteiger partial charge on any atom is 0.317 e. The number of benzene rings is 2. The number of hydrogen-bond donors (Lipinski definition) is 2.